The number of aryl methyl sites for hydroxylation is 1. The maximum atomic E-state index is 9.37. The summed E-state index contributed by atoms with van der Waals surface area (Å²) in [6.07, 6.45) is 5.89. The second-order valence-electron chi connectivity index (χ2n) is 8.72. The van der Waals surface area contributed by atoms with E-state index in [1.54, 1.807) is 12.3 Å². The summed E-state index contributed by atoms with van der Waals surface area (Å²) >= 11 is 6.04. The molecule has 1 heterocycles. The zero-order chi connectivity index (χ0) is 23.5. The minimum Gasteiger partial charge on any atom is -0.453 e. The van der Waals surface area contributed by atoms with Gasteiger partial charge in [-0.05, 0) is 82.2 Å². The van der Waals surface area contributed by atoms with E-state index in [-0.39, 0.29) is 9.90 Å². The molecule has 168 valence electrons. The van der Waals surface area contributed by atoms with Crippen LogP contribution in [0, 0.1) is 18.3 Å². The molecule has 0 aliphatic heterocycles. The lowest BCUT2D eigenvalue weighted by molar-refractivity contribution is 0.453. The second-order valence-corrected chi connectivity index (χ2v) is 12.9. The molecular formula is C25H28ClN3O2S. The van der Waals surface area contributed by atoms with E-state index in [0.29, 0.717) is 22.7 Å². The number of hydrogen-bond acceptors (Lipinski definition) is 5. The molecule has 0 radical (unpaired) electrons. The van der Waals surface area contributed by atoms with Crippen LogP contribution in [0.2, 0.25) is 5.15 Å². The standard InChI is InChI=1S/C25H28ClN3O2S/c1-17-15-18(11-12-20(17)29-21-13-14-28-24(26)19(21)16-27)30-22-9-7-8-10-23(22)31-32(5,6)25(2,3)4/h7-15H,1-6H3,(H,28,29). The monoisotopic (exact) mass is 469 g/mol. The summed E-state index contributed by atoms with van der Waals surface area (Å²) in [5.74, 6) is 2.10. The minimum absolute atomic E-state index is 0.0299. The highest BCUT2D eigenvalue weighted by Gasteiger charge is 2.31. The van der Waals surface area contributed by atoms with Crippen molar-refractivity contribution in [3.63, 3.8) is 0 Å². The molecule has 5 nitrogen and oxygen atoms in total. The molecular weight excluding hydrogens is 442 g/mol. The van der Waals surface area contributed by atoms with E-state index >= 15 is 0 Å². The number of pyridine rings is 1. The normalized spacial score (nSPS) is 12.1. The molecule has 1 N–H and O–H groups in total. The Hall–Kier alpha value is -2.88. The summed E-state index contributed by atoms with van der Waals surface area (Å²) in [4.78, 5) is 3.96. The van der Waals surface area contributed by atoms with Crippen molar-refractivity contribution in [3.05, 3.63) is 71.0 Å². The molecule has 0 saturated heterocycles. The minimum atomic E-state index is -1.36. The summed E-state index contributed by atoms with van der Waals surface area (Å²) in [6, 6.07) is 17.3. The van der Waals surface area contributed by atoms with Gasteiger partial charge in [-0.3, -0.25) is 0 Å². The Morgan fingerprint density at radius 2 is 1.72 bits per heavy atom. The van der Waals surface area contributed by atoms with Crippen molar-refractivity contribution in [3.8, 4) is 23.3 Å². The molecule has 1 aromatic heterocycles. The van der Waals surface area contributed by atoms with Crippen LogP contribution in [-0.4, -0.2) is 22.2 Å². The van der Waals surface area contributed by atoms with Gasteiger partial charge in [-0.15, -0.1) is 0 Å². The van der Waals surface area contributed by atoms with Gasteiger partial charge in [-0.25, -0.2) is 4.98 Å². The van der Waals surface area contributed by atoms with Gasteiger partial charge in [0.1, 0.15) is 22.5 Å². The highest BCUT2D eigenvalue weighted by molar-refractivity contribution is 8.30. The molecule has 7 heteroatoms. The van der Waals surface area contributed by atoms with Gasteiger partial charge in [0, 0.05) is 16.6 Å². The summed E-state index contributed by atoms with van der Waals surface area (Å²) < 4.78 is 12.7. The number of ether oxygens (including phenoxy) is 1. The van der Waals surface area contributed by atoms with E-state index < -0.39 is 10.3 Å². The van der Waals surface area contributed by atoms with Crippen LogP contribution in [0.5, 0.6) is 17.2 Å². The van der Waals surface area contributed by atoms with Crippen molar-refractivity contribution in [2.45, 2.75) is 32.4 Å². The zero-order valence-electron chi connectivity index (χ0n) is 19.2. The number of aromatic nitrogens is 1. The lowest BCUT2D eigenvalue weighted by atomic mass is 10.1. The molecule has 0 unspecified atom stereocenters. The summed E-state index contributed by atoms with van der Waals surface area (Å²) in [6.45, 7) is 8.54. The molecule has 0 saturated carbocycles. The van der Waals surface area contributed by atoms with E-state index in [4.69, 9.17) is 20.5 Å². The molecule has 0 amide bonds. The molecule has 0 aliphatic carbocycles. The number of benzene rings is 2. The molecule has 3 rings (SSSR count). The number of halogens is 1. The van der Waals surface area contributed by atoms with E-state index in [2.05, 4.69) is 49.7 Å². The molecule has 0 fully saturated rings. The first-order valence-electron chi connectivity index (χ1n) is 10.1. The second kappa shape index (κ2) is 9.32. The lowest BCUT2D eigenvalue weighted by Gasteiger charge is -2.43. The average molecular weight is 470 g/mol. The smallest absolute Gasteiger partial charge is 0.177 e. The Balaban J connectivity index is 1.83. The third kappa shape index (κ3) is 5.29. The van der Waals surface area contributed by atoms with Crippen LogP contribution < -0.4 is 14.2 Å². The first-order chi connectivity index (χ1) is 15.0. The van der Waals surface area contributed by atoms with Crippen molar-refractivity contribution in [1.29, 1.82) is 5.26 Å². The largest absolute Gasteiger partial charge is 0.453 e. The van der Waals surface area contributed by atoms with E-state index in [9.17, 15) is 5.26 Å². The van der Waals surface area contributed by atoms with Gasteiger partial charge in [0.15, 0.2) is 11.5 Å². The molecule has 2 aromatic carbocycles. The van der Waals surface area contributed by atoms with Gasteiger partial charge in [-0.2, -0.15) is 5.26 Å². The average Bonchev–Trinajstić information content (AvgIpc) is 2.70. The van der Waals surface area contributed by atoms with Crippen LogP contribution >= 0.6 is 21.9 Å². The zero-order valence-corrected chi connectivity index (χ0v) is 20.8. The Kier molecular flexibility index (Phi) is 6.92. The van der Waals surface area contributed by atoms with Crippen molar-refractivity contribution in [2.24, 2.45) is 0 Å². The van der Waals surface area contributed by atoms with Gasteiger partial charge in [0.2, 0.25) is 0 Å². The van der Waals surface area contributed by atoms with Crippen LogP contribution in [-0.2, 0) is 0 Å². The number of nitriles is 1. The van der Waals surface area contributed by atoms with Gasteiger partial charge in [0.05, 0.1) is 5.69 Å². The fraction of sp³-hybridized carbons (Fsp3) is 0.280. The quantitative estimate of drug-likeness (QED) is 0.376. The van der Waals surface area contributed by atoms with Gasteiger partial charge >= 0.3 is 0 Å². The first-order valence-corrected chi connectivity index (χ1v) is 12.9. The predicted molar refractivity (Wildman–Crippen MR) is 135 cm³/mol. The fourth-order valence-corrected chi connectivity index (χ4v) is 3.75. The lowest BCUT2D eigenvalue weighted by Crippen LogP contribution is -2.27. The van der Waals surface area contributed by atoms with Gasteiger partial charge in [-0.1, -0.05) is 34.0 Å². The van der Waals surface area contributed by atoms with Crippen molar-refractivity contribution >= 4 is 33.3 Å². The number of nitrogens with zero attached hydrogens (tertiary/aromatic N) is 2. The molecule has 0 spiro atoms. The van der Waals surface area contributed by atoms with Crippen LogP contribution in [0.4, 0.5) is 11.4 Å². The fourth-order valence-electron chi connectivity index (χ4n) is 2.71. The Labute approximate surface area is 196 Å². The number of nitrogens with one attached hydrogen (secondary N) is 1. The van der Waals surface area contributed by atoms with Gasteiger partial charge in [0.25, 0.3) is 0 Å². The molecule has 0 atom stereocenters. The number of para-hydroxylation sites is 2. The number of rotatable bonds is 6. The number of hydrogen-bond donors (Lipinski definition) is 1. The van der Waals surface area contributed by atoms with Gasteiger partial charge < -0.3 is 14.2 Å². The molecule has 0 aliphatic rings. The molecule has 0 bridgehead atoms. The van der Waals surface area contributed by atoms with Crippen molar-refractivity contribution < 1.29 is 8.92 Å². The summed E-state index contributed by atoms with van der Waals surface area (Å²) in [7, 11) is -1.36. The van der Waals surface area contributed by atoms with E-state index in [0.717, 1.165) is 17.0 Å². The highest BCUT2D eigenvalue weighted by Crippen LogP contribution is 2.55. The van der Waals surface area contributed by atoms with E-state index in [1.807, 2.05) is 49.4 Å². The van der Waals surface area contributed by atoms with Crippen molar-refractivity contribution in [1.82, 2.24) is 4.98 Å². The summed E-state index contributed by atoms with van der Waals surface area (Å²) in [5, 5.41) is 12.8. The van der Waals surface area contributed by atoms with Crippen LogP contribution in [0.25, 0.3) is 0 Å². The first kappa shape index (κ1) is 23.8. The Morgan fingerprint density at radius 1 is 1.03 bits per heavy atom. The third-order valence-corrected chi connectivity index (χ3v) is 9.17. The van der Waals surface area contributed by atoms with Crippen LogP contribution in [0.1, 0.15) is 31.9 Å². The predicted octanol–water partition coefficient (Wildman–Crippen LogP) is 7.61. The number of anilines is 2. The molecule has 32 heavy (non-hydrogen) atoms. The topological polar surface area (TPSA) is 67.2 Å². The van der Waals surface area contributed by atoms with Crippen LogP contribution in [0.3, 0.4) is 0 Å². The Morgan fingerprint density at radius 3 is 2.34 bits per heavy atom. The molecule has 3 aromatic rings. The third-order valence-electron chi connectivity index (χ3n) is 5.33. The van der Waals surface area contributed by atoms with E-state index in [1.165, 1.54) is 0 Å². The summed E-state index contributed by atoms with van der Waals surface area (Å²) in [5.41, 5.74) is 2.72. The maximum absolute atomic E-state index is 9.37. The maximum Gasteiger partial charge on any atom is 0.177 e. The van der Waals surface area contributed by atoms with Crippen molar-refractivity contribution in [2.75, 3.05) is 17.8 Å². The van der Waals surface area contributed by atoms with Crippen LogP contribution in [0.15, 0.2) is 54.7 Å². The SMILES string of the molecule is Cc1cc(Oc2ccccc2OS(C)(C)C(C)(C)C)ccc1Nc1ccnc(Cl)c1C#N. The Bertz CT molecular complexity index is 1170. The highest BCUT2D eigenvalue weighted by atomic mass is 35.5.